The van der Waals surface area contributed by atoms with Crippen molar-refractivity contribution in [3.63, 3.8) is 0 Å². The molecule has 16 heavy (non-hydrogen) atoms. The van der Waals surface area contributed by atoms with Crippen LogP contribution in [0.5, 0.6) is 0 Å². The van der Waals surface area contributed by atoms with Crippen LogP contribution in [0.3, 0.4) is 0 Å². The standard InChI is InChI=1S/C13H20N2S/c1-14-11-5-4-8-15(10-11)12-6-3-7-13(9-12)16-2/h3,6-7,9,11,14H,4-5,8,10H2,1-2H3. The van der Waals surface area contributed by atoms with Crippen LogP contribution in [0.4, 0.5) is 5.69 Å². The van der Waals surface area contributed by atoms with Crippen LogP contribution >= 0.6 is 11.8 Å². The molecule has 0 bridgehead atoms. The van der Waals surface area contributed by atoms with Crippen molar-refractivity contribution in [2.45, 2.75) is 23.8 Å². The minimum absolute atomic E-state index is 0.645. The Hall–Kier alpha value is -0.670. The molecule has 1 aromatic rings. The number of hydrogen-bond donors (Lipinski definition) is 1. The summed E-state index contributed by atoms with van der Waals surface area (Å²) in [5, 5.41) is 3.39. The quantitative estimate of drug-likeness (QED) is 0.812. The van der Waals surface area contributed by atoms with Gasteiger partial charge in [0.1, 0.15) is 0 Å². The molecular weight excluding hydrogens is 216 g/mol. The fourth-order valence-corrected chi connectivity index (χ4v) is 2.71. The fraction of sp³-hybridized carbons (Fsp3) is 0.538. The molecule has 1 aliphatic heterocycles. The third kappa shape index (κ3) is 2.71. The van der Waals surface area contributed by atoms with E-state index < -0.39 is 0 Å². The van der Waals surface area contributed by atoms with E-state index in [4.69, 9.17) is 0 Å². The average molecular weight is 236 g/mol. The Morgan fingerprint density at radius 3 is 3.06 bits per heavy atom. The van der Waals surface area contributed by atoms with E-state index >= 15 is 0 Å². The van der Waals surface area contributed by atoms with Crippen molar-refractivity contribution in [3.05, 3.63) is 24.3 Å². The zero-order chi connectivity index (χ0) is 11.4. The van der Waals surface area contributed by atoms with E-state index in [-0.39, 0.29) is 0 Å². The number of anilines is 1. The average Bonchev–Trinajstić information content (AvgIpc) is 2.39. The maximum absolute atomic E-state index is 3.39. The van der Waals surface area contributed by atoms with Crippen molar-refractivity contribution in [2.24, 2.45) is 0 Å². The summed E-state index contributed by atoms with van der Waals surface area (Å²) in [6.07, 6.45) is 4.72. The van der Waals surface area contributed by atoms with Gasteiger partial charge in [0.2, 0.25) is 0 Å². The van der Waals surface area contributed by atoms with E-state index in [9.17, 15) is 0 Å². The minimum atomic E-state index is 0.645. The molecule has 88 valence electrons. The number of piperidine rings is 1. The highest BCUT2D eigenvalue weighted by atomic mass is 32.2. The Morgan fingerprint density at radius 2 is 2.31 bits per heavy atom. The number of rotatable bonds is 3. The van der Waals surface area contributed by atoms with E-state index in [2.05, 4.69) is 47.8 Å². The Kier molecular flexibility index (Phi) is 4.13. The van der Waals surface area contributed by atoms with Crippen LogP contribution in [0, 0.1) is 0 Å². The second-order valence-corrected chi connectivity index (χ2v) is 5.15. The van der Waals surface area contributed by atoms with Gasteiger partial charge in [0.25, 0.3) is 0 Å². The molecule has 1 atom stereocenters. The van der Waals surface area contributed by atoms with E-state index in [1.165, 1.54) is 30.0 Å². The number of benzene rings is 1. The third-order valence-corrected chi connectivity index (χ3v) is 3.97. The predicted molar refractivity (Wildman–Crippen MR) is 72.5 cm³/mol. The van der Waals surface area contributed by atoms with Crippen LogP contribution in [-0.4, -0.2) is 32.4 Å². The number of nitrogens with one attached hydrogen (secondary N) is 1. The first-order valence-corrected chi connectivity index (χ1v) is 7.12. The lowest BCUT2D eigenvalue weighted by molar-refractivity contribution is 0.449. The van der Waals surface area contributed by atoms with Crippen molar-refractivity contribution in [1.29, 1.82) is 0 Å². The molecule has 0 saturated carbocycles. The number of likely N-dealkylation sites (N-methyl/N-ethyl adjacent to an activating group) is 1. The molecular formula is C13H20N2S. The lowest BCUT2D eigenvalue weighted by Gasteiger charge is -2.34. The van der Waals surface area contributed by atoms with Crippen molar-refractivity contribution in [3.8, 4) is 0 Å². The molecule has 1 heterocycles. The SMILES string of the molecule is CNC1CCCN(c2cccc(SC)c2)C1. The zero-order valence-corrected chi connectivity index (χ0v) is 10.9. The van der Waals surface area contributed by atoms with E-state index in [0.717, 1.165) is 6.54 Å². The van der Waals surface area contributed by atoms with Gasteiger partial charge in [-0.1, -0.05) is 6.07 Å². The third-order valence-electron chi connectivity index (χ3n) is 3.25. The zero-order valence-electron chi connectivity index (χ0n) is 10.1. The highest BCUT2D eigenvalue weighted by molar-refractivity contribution is 7.98. The van der Waals surface area contributed by atoms with Crippen LogP contribution < -0.4 is 10.2 Å². The maximum Gasteiger partial charge on any atom is 0.0377 e. The van der Waals surface area contributed by atoms with Crippen molar-refractivity contribution in [2.75, 3.05) is 31.3 Å². The van der Waals surface area contributed by atoms with Gasteiger partial charge in [-0.15, -0.1) is 11.8 Å². The Bertz CT molecular complexity index is 340. The molecule has 0 radical (unpaired) electrons. The summed E-state index contributed by atoms with van der Waals surface area (Å²) in [7, 11) is 2.06. The van der Waals surface area contributed by atoms with Crippen LogP contribution in [0.25, 0.3) is 0 Å². The van der Waals surface area contributed by atoms with Gasteiger partial charge in [0, 0.05) is 29.7 Å². The molecule has 1 N–H and O–H groups in total. The van der Waals surface area contributed by atoms with Gasteiger partial charge in [-0.25, -0.2) is 0 Å². The van der Waals surface area contributed by atoms with Gasteiger partial charge < -0.3 is 10.2 Å². The first-order valence-electron chi connectivity index (χ1n) is 5.89. The highest BCUT2D eigenvalue weighted by Crippen LogP contribution is 2.24. The number of nitrogens with zero attached hydrogens (tertiary/aromatic N) is 1. The van der Waals surface area contributed by atoms with Gasteiger partial charge in [-0.3, -0.25) is 0 Å². The minimum Gasteiger partial charge on any atom is -0.370 e. The van der Waals surface area contributed by atoms with Crippen LogP contribution in [0.1, 0.15) is 12.8 Å². The fourth-order valence-electron chi connectivity index (χ4n) is 2.25. The Morgan fingerprint density at radius 1 is 1.44 bits per heavy atom. The summed E-state index contributed by atoms with van der Waals surface area (Å²) < 4.78 is 0. The van der Waals surface area contributed by atoms with E-state index in [1.807, 2.05) is 11.8 Å². The van der Waals surface area contributed by atoms with Gasteiger partial charge in [0.05, 0.1) is 0 Å². The molecule has 1 aromatic carbocycles. The Balaban J connectivity index is 2.10. The summed E-state index contributed by atoms with van der Waals surface area (Å²) in [5.74, 6) is 0. The summed E-state index contributed by atoms with van der Waals surface area (Å²) in [4.78, 5) is 3.84. The molecule has 0 spiro atoms. The lowest BCUT2D eigenvalue weighted by Crippen LogP contribution is -2.44. The van der Waals surface area contributed by atoms with Crippen LogP contribution in [0.15, 0.2) is 29.2 Å². The monoisotopic (exact) mass is 236 g/mol. The number of hydrogen-bond acceptors (Lipinski definition) is 3. The second kappa shape index (κ2) is 5.60. The molecule has 1 fully saturated rings. The summed E-state index contributed by atoms with van der Waals surface area (Å²) >= 11 is 1.81. The summed E-state index contributed by atoms with van der Waals surface area (Å²) in [5.41, 5.74) is 1.37. The molecule has 2 nitrogen and oxygen atoms in total. The smallest absolute Gasteiger partial charge is 0.0377 e. The largest absolute Gasteiger partial charge is 0.370 e. The van der Waals surface area contributed by atoms with Crippen LogP contribution in [-0.2, 0) is 0 Å². The first-order chi connectivity index (χ1) is 7.83. The van der Waals surface area contributed by atoms with Crippen molar-refractivity contribution >= 4 is 17.4 Å². The van der Waals surface area contributed by atoms with Crippen molar-refractivity contribution < 1.29 is 0 Å². The normalized spacial score (nSPS) is 21.1. The number of thioether (sulfide) groups is 1. The van der Waals surface area contributed by atoms with Gasteiger partial charge in [-0.05, 0) is 44.3 Å². The topological polar surface area (TPSA) is 15.3 Å². The molecule has 0 amide bonds. The molecule has 3 heteroatoms. The van der Waals surface area contributed by atoms with Gasteiger partial charge in [-0.2, -0.15) is 0 Å². The lowest BCUT2D eigenvalue weighted by atomic mass is 10.1. The highest BCUT2D eigenvalue weighted by Gasteiger charge is 2.18. The first kappa shape index (κ1) is 11.8. The molecule has 2 rings (SSSR count). The van der Waals surface area contributed by atoms with Crippen molar-refractivity contribution in [1.82, 2.24) is 5.32 Å². The molecule has 0 aromatic heterocycles. The molecule has 1 saturated heterocycles. The second-order valence-electron chi connectivity index (χ2n) is 4.28. The Labute approximate surface area is 102 Å². The predicted octanol–water partition coefficient (Wildman–Crippen LogP) is 2.60. The van der Waals surface area contributed by atoms with E-state index in [1.54, 1.807) is 0 Å². The molecule has 1 aliphatic rings. The molecule has 0 aliphatic carbocycles. The maximum atomic E-state index is 3.39. The molecule has 1 unspecified atom stereocenters. The van der Waals surface area contributed by atoms with Gasteiger partial charge in [0.15, 0.2) is 0 Å². The van der Waals surface area contributed by atoms with Gasteiger partial charge >= 0.3 is 0 Å². The van der Waals surface area contributed by atoms with E-state index in [0.29, 0.717) is 6.04 Å². The summed E-state index contributed by atoms with van der Waals surface area (Å²) in [6.45, 7) is 2.32. The summed E-state index contributed by atoms with van der Waals surface area (Å²) in [6, 6.07) is 9.49. The van der Waals surface area contributed by atoms with Crippen LogP contribution in [0.2, 0.25) is 0 Å².